The van der Waals surface area contributed by atoms with Crippen molar-refractivity contribution in [1.82, 2.24) is 0 Å². The average Bonchev–Trinajstić information content (AvgIpc) is 2.32. The third-order valence-corrected chi connectivity index (χ3v) is 4.97. The lowest BCUT2D eigenvalue weighted by atomic mass is 9.98. The number of aryl methyl sites for hydroxylation is 1. The second-order valence-electron chi connectivity index (χ2n) is 4.38. The Labute approximate surface area is 140 Å². The fourth-order valence-corrected chi connectivity index (χ4v) is 3.37. The highest BCUT2D eigenvalue weighted by atomic mass is 79.9. The first-order chi connectivity index (χ1) is 9.31. The molecule has 0 aliphatic heterocycles. The van der Waals surface area contributed by atoms with Crippen LogP contribution in [0, 0.1) is 18.6 Å². The predicted octanol–water partition coefficient (Wildman–Crippen LogP) is 5.61. The minimum atomic E-state index is -0.894. The highest BCUT2D eigenvalue weighted by Crippen LogP contribution is 2.34. The second-order valence-corrected chi connectivity index (χ2v) is 7.01. The van der Waals surface area contributed by atoms with Gasteiger partial charge in [-0.3, -0.25) is 0 Å². The lowest BCUT2D eigenvalue weighted by molar-refractivity contribution is 0.541. The van der Waals surface area contributed by atoms with Crippen LogP contribution in [-0.4, -0.2) is 0 Å². The molecule has 0 saturated heterocycles. The van der Waals surface area contributed by atoms with Gasteiger partial charge in [-0.2, -0.15) is 0 Å². The molecule has 1 nitrogen and oxygen atoms in total. The normalized spacial score (nSPS) is 12.6. The summed E-state index contributed by atoms with van der Waals surface area (Å²) in [6, 6.07) is 5.14. The zero-order chi connectivity index (χ0) is 15.0. The molecule has 1 unspecified atom stereocenters. The van der Waals surface area contributed by atoms with E-state index < -0.39 is 17.7 Å². The SMILES string of the molecule is Cc1cc(Br)c(C(N)c2c(F)cc(Br)cc2F)cc1Br. The van der Waals surface area contributed by atoms with Crippen molar-refractivity contribution in [3.8, 4) is 0 Å². The van der Waals surface area contributed by atoms with Crippen LogP contribution in [-0.2, 0) is 0 Å². The number of nitrogens with two attached hydrogens (primary N) is 1. The molecular weight excluding hydrogens is 460 g/mol. The number of halogens is 5. The van der Waals surface area contributed by atoms with Gasteiger partial charge in [0.15, 0.2) is 0 Å². The maximum absolute atomic E-state index is 14.0. The van der Waals surface area contributed by atoms with E-state index in [0.717, 1.165) is 10.0 Å². The van der Waals surface area contributed by atoms with E-state index in [2.05, 4.69) is 47.8 Å². The molecule has 0 saturated carbocycles. The van der Waals surface area contributed by atoms with E-state index in [1.165, 1.54) is 12.1 Å². The van der Waals surface area contributed by atoms with Gasteiger partial charge in [-0.05, 0) is 42.3 Å². The maximum Gasteiger partial charge on any atom is 0.132 e. The van der Waals surface area contributed by atoms with Gasteiger partial charge in [-0.1, -0.05) is 47.8 Å². The van der Waals surface area contributed by atoms with Gasteiger partial charge in [0.1, 0.15) is 11.6 Å². The number of rotatable bonds is 2. The average molecular weight is 470 g/mol. The molecule has 2 aromatic carbocycles. The second kappa shape index (κ2) is 6.22. The van der Waals surface area contributed by atoms with Crippen LogP contribution in [0.2, 0.25) is 0 Å². The Morgan fingerprint density at radius 1 is 0.950 bits per heavy atom. The summed E-state index contributed by atoms with van der Waals surface area (Å²) in [5.41, 5.74) is 7.51. The third kappa shape index (κ3) is 3.13. The van der Waals surface area contributed by atoms with Crippen LogP contribution >= 0.6 is 47.8 Å². The summed E-state index contributed by atoms with van der Waals surface area (Å²) in [4.78, 5) is 0. The highest BCUT2D eigenvalue weighted by molar-refractivity contribution is 9.11. The molecule has 106 valence electrons. The van der Waals surface area contributed by atoms with Crippen LogP contribution < -0.4 is 5.73 Å². The maximum atomic E-state index is 14.0. The molecule has 2 aromatic rings. The smallest absolute Gasteiger partial charge is 0.132 e. The minimum Gasteiger partial charge on any atom is -0.320 e. The van der Waals surface area contributed by atoms with Crippen molar-refractivity contribution in [2.75, 3.05) is 0 Å². The Hall–Kier alpha value is -0.300. The van der Waals surface area contributed by atoms with E-state index in [0.29, 0.717) is 14.5 Å². The first kappa shape index (κ1) is 16.1. The standard InChI is InChI=1S/C14H10Br3F2N/c1-6-2-10(17)8(5-9(6)16)14(20)13-11(18)3-7(15)4-12(13)19/h2-5,14H,20H2,1H3. The van der Waals surface area contributed by atoms with Crippen LogP contribution in [0.5, 0.6) is 0 Å². The van der Waals surface area contributed by atoms with Gasteiger partial charge in [-0.15, -0.1) is 0 Å². The van der Waals surface area contributed by atoms with Crippen molar-refractivity contribution >= 4 is 47.8 Å². The molecule has 0 radical (unpaired) electrons. The van der Waals surface area contributed by atoms with Crippen LogP contribution in [0.4, 0.5) is 8.78 Å². The van der Waals surface area contributed by atoms with Crippen molar-refractivity contribution in [3.63, 3.8) is 0 Å². The van der Waals surface area contributed by atoms with Crippen molar-refractivity contribution in [3.05, 3.63) is 66.0 Å². The lowest BCUT2D eigenvalue weighted by Crippen LogP contribution is -2.16. The molecule has 0 aromatic heterocycles. The molecule has 0 aliphatic carbocycles. The molecule has 6 heteroatoms. The number of benzene rings is 2. The predicted molar refractivity (Wildman–Crippen MR) is 86.7 cm³/mol. The zero-order valence-electron chi connectivity index (χ0n) is 10.4. The van der Waals surface area contributed by atoms with Crippen LogP contribution in [0.3, 0.4) is 0 Å². The Bertz CT molecular complexity index is 651. The van der Waals surface area contributed by atoms with Crippen molar-refractivity contribution in [2.24, 2.45) is 5.73 Å². The van der Waals surface area contributed by atoms with Crippen LogP contribution in [0.25, 0.3) is 0 Å². The quantitative estimate of drug-likeness (QED) is 0.608. The Balaban J connectivity index is 2.57. The van der Waals surface area contributed by atoms with Gasteiger partial charge < -0.3 is 5.73 Å². The minimum absolute atomic E-state index is 0.148. The zero-order valence-corrected chi connectivity index (χ0v) is 15.1. The summed E-state index contributed by atoms with van der Waals surface area (Å²) in [6.45, 7) is 1.92. The first-order valence-corrected chi connectivity index (χ1v) is 8.04. The lowest BCUT2D eigenvalue weighted by Gasteiger charge is -2.17. The fraction of sp³-hybridized carbons (Fsp3) is 0.143. The van der Waals surface area contributed by atoms with E-state index in [4.69, 9.17) is 5.73 Å². The van der Waals surface area contributed by atoms with Crippen LogP contribution in [0.15, 0.2) is 37.7 Å². The van der Waals surface area contributed by atoms with E-state index in [1.807, 2.05) is 13.0 Å². The number of hydrogen-bond donors (Lipinski definition) is 1. The highest BCUT2D eigenvalue weighted by Gasteiger charge is 2.21. The van der Waals surface area contributed by atoms with Gasteiger partial charge in [0.05, 0.1) is 6.04 Å². The van der Waals surface area contributed by atoms with Gasteiger partial charge in [-0.25, -0.2) is 8.78 Å². The van der Waals surface area contributed by atoms with Gasteiger partial charge in [0.2, 0.25) is 0 Å². The fourth-order valence-electron chi connectivity index (χ4n) is 1.91. The molecule has 1 atom stereocenters. The summed E-state index contributed by atoms with van der Waals surface area (Å²) < 4.78 is 29.9. The van der Waals surface area contributed by atoms with Gasteiger partial charge in [0, 0.05) is 19.0 Å². The summed E-state index contributed by atoms with van der Waals surface area (Å²) >= 11 is 9.84. The Morgan fingerprint density at radius 3 is 2.05 bits per heavy atom. The molecule has 2 N–H and O–H groups in total. The molecule has 20 heavy (non-hydrogen) atoms. The van der Waals surface area contributed by atoms with Gasteiger partial charge in [0.25, 0.3) is 0 Å². The molecule has 0 spiro atoms. The third-order valence-electron chi connectivity index (χ3n) is 2.97. The molecule has 0 fully saturated rings. The molecule has 2 rings (SSSR count). The molecule has 0 amide bonds. The molecule has 0 bridgehead atoms. The first-order valence-electron chi connectivity index (χ1n) is 5.66. The summed E-state index contributed by atoms with van der Waals surface area (Å²) in [7, 11) is 0. The van der Waals surface area contributed by atoms with Crippen molar-refractivity contribution in [2.45, 2.75) is 13.0 Å². The summed E-state index contributed by atoms with van der Waals surface area (Å²) in [5, 5.41) is 0. The van der Waals surface area contributed by atoms with E-state index in [9.17, 15) is 8.78 Å². The topological polar surface area (TPSA) is 26.0 Å². The molecular formula is C14H10Br3F2N. The summed E-state index contributed by atoms with van der Waals surface area (Å²) in [5.74, 6) is -1.35. The molecule has 0 heterocycles. The summed E-state index contributed by atoms with van der Waals surface area (Å²) in [6.07, 6.45) is 0. The Kier molecular flexibility index (Phi) is 5.00. The van der Waals surface area contributed by atoms with Crippen LogP contribution in [0.1, 0.15) is 22.7 Å². The van der Waals surface area contributed by atoms with Gasteiger partial charge >= 0.3 is 0 Å². The number of hydrogen-bond acceptors (Lipinski definition) is 1. The molecule has 0 aliphatic rings. The Morgan fingerprint density at radius 2 is 1.50 bits per heavy atom. The van der Waals surface area contributed by atoms with Crippen molar-refractivity contribution < 1.29 is 8.78 Å². The monoisotopic (exact) mass is 467 g/mol. The van der Waals surface area contributed by atoms with E-state index in [-0.39, 0.29) is 5.56 Å². The van der Waals surface area contributed by atoms with E-state index in [1.54, 1.807) is 6.07 Å². The largest absolute Gasteiger partial charge is 0.320 e. The van der Waals surface area contributed by atoms with Crippen molar-refractivity contribution in [1.29, 1.82) is 0 Å². The van der Waals surface area contributed by atoms with E-state index >= 15 is 0 Å².